The van der Waals surface area contributed by atoms with Gasteiger partial charge in [-0.25, -0.2) is 4.79 Å². The fourth-order valence-electron chi connectivity index (χ4n) is 3.39. The second-order valence-corrected chi connectivity index (χ2v) is 7.36. The summed E-state index contributed by atoms with van der Waals surface area (Å²) in [7, 11) is 4.37. The Morgan fingerprint density at radius 3 is 2.52 bits per heavy atom. The van der Waals surface area contributed by atoms with Crippen molar-refractivity contribution < 1.29 is 23.8 Å². The number of ether oxygens (including phenoxy) is 3. The quantitative estimate of drug-likeness (QED) is 0.616. The van der Waals surface area contributed by atoms with Crippen LogP contribution in [0, 0.1) is 0 Å². The van der Waals surface area contributed by atoms with E-state index < -0.39 is 5.97 Å². The topological polar surface area (TPSA) is 73.9 Å². The molecule has 144 valence electrons. The van der Waals surface area contributed by atoms with Crippen LogP contribution in [0.5, 0.6) is 11.5 Å². The number of carbonyl (C=O) groups excluding carboxylic acids is 2. The number of amides is 1. The van der Waals surface area contributed by atoms with Gasteiger partial charge in [-0.1, -0.05) is 12.5 Å². The molecular formula is C20H23NO5S. The van der Waals surface area contributed by atoms with E-state index >= 15 is 0 Å². The number of benzene rings is 1. The molecular weight excluding hydrogens is 366 g/mol. The lowest BCUT2D eigenvalue weighted by Gasteiger charge is -2.12. The number of fused-ring (bicyclic) bond motifs is 1. The van der Waals surface area contributed by atoms with Gasteiger partial charge in [-0.3, -0.25) is 4.79 Å². The third kappa shape index (κ3) is 3.78. The molecule has 0 spiro atoms. The first-order chi connectivity index (χ1) is 13.1. The van der Waals surface area contributed by atoms with Gasteiger partial charge in [-0.15, -0.1) is 11.3 Å². The number of aryl methyl sites for hydroxylation is 1. The first kappa shape index (κ1) is 19.2. The van der Waals surface area contributed by atoms with Gasteiger partial charge in [0.1, 0.15) is 5.00 Å². The van der Waals surface area contributed by atoms with Crippen LogP contribution in [0.3, 0.4) is 0 Å². The summed E-state index contributed by atoms with van der Waals surface area (Å²) in [5.41, 5.74) is 1.84. The molecule has 0 saturated heterocycles. The zero-order valence-electron chi connectivity index (χ0n) is 15.7. The minimum absolute atomic E-state index is 0.344. The molecule has 2 aromatic rings. The van der Waals surface area contributed by atoms with Gasteiger partial charge in [-0.05, 0) is 43.4 Å². The minimum Gasteiger partial charge on any atom is -0.493 e. The summed E-state index contributed by atoms with van der Waals surface area (Å²) in [5, 5.41) is 3.42. The van der Waals surface area contributed by atoms with Crippen LogP contribution in [-0.2, 0) is 17.6 Å². The molecule has 1 aliphatic carbocycles. The van der Waals surface area contributed by atoms with Crippen LogP contribution < -0.4 is 14.8 Å². The number of nitrogens with one attached hydrogen (secondary N) is 1. The zero-order chi connectivity index (χ0) is 19.4. The lowest BCUT2D eigenvalue weighted by Crippen LogP contribution is -2.15. The smallest absolute Gasteiger partial charge is 0.341 e. The molecule has 3 rings (SSSR count). The van der Waals surface area contributed by atoms with E-state index in [9.17, 15) is 9.59 Å². The summed E-state index contributed by atoms with van der Waals surface area (Å²) in [5.74, 6) is 0.0603. The van der Waals surface area contributed by atoms with Crippen molar-refractivity contribution in [2.24, 2.45) is 0 Å². The number of thiophene rings is 1. The molecule has 6 nitrogen and oxygen atoms in total. The highest BCUT2D eigenvalue weighted by atomic mass is 32.1. The summed E-state index contributed by atoms with van der Waals surface area (Å²) in [6, 6.07) is 5.11. The highest BCUT2D eigenvalue weighted by molar-refractivity contribution is 7.17. The third-order valence-corrected chi connectivity index (χ3v) is 5.89. The maximum Gasteiger partial charge on any atom is 0.341 e. The van der Waals surface area contributed by atoms with Crippen molar-refractivity contribution in [1.82, 2.24) is 0 Å². The van der Waals surface area contributed by atoms with Crippen LogP contribution >= 0.6 is 11.3 Å². The largest absolute Gasteiger partial charge is 0.493 e. The Bertz CT molecular complexity index is 858. The van der Waals surface area contributed by atoms with Crippen LogP contribution in [0.25, 0.3) is 0 Å². The SMILES string of the molecule is COC(=O)c1c(NC(=O)c2cccc(OC)c2OC)sc2c1CCCCC2. The van der Waals surface area contributed by atoms with E-state index in [1.54, 1.807) is 18.2 Å². The molecule has 0 aliphatic heterocycles. The Morgan fingerprint density at radius 2 is 1.81 bits per heavy atom. The van der Waals surface area contributed by atoms with E-state index in [2.05, 4.69) is 5.32 Å². The Balaban J connectivity index is 1.98. The molecule has 0 saturated carbocycles. The predicted molar refractivity (Wildman–Crippen MR) is 104 cm³/mol. The van der Waals surface area contributed by atoms with Crippen molar-refractivity contribution in [3.8, 4) is 11.5 Å². The van der Waals surface area contributed by atoms with Crippen molar-refractivity contribution in [3.05, 3.63) is 39.8 Å². The second kappa shape index (κ2) is 8.43. The molecule has 1 amide bonds. The number of methoxy groups -OCH3 is 3. The van der Waals surface area contributed by atoms with Crippen molar-refractivity contribution in [1.29, 1.82) is 0 Å². The van der Waals surface area contributed by atoms with Crippen LogP contribution in [0.4, 0.5) is 5.00 Å². The summed E-state index contributed by atoms with van der Waals surface area (Å²) in [6.45, 7) is 0. The van der Waals surface area contributed by atoms with Crippen LogP contribution in [0.1, 0.15) is 50.4 Å². The molecule has 0 fully saturated rings. The average molecular weight is 389 g/mol. The standard InChI is InChI=1S/C20H23NO5S/c1-24-14-10-7-9-13(17(14)25-2)18(22)21-19-16(20(23)26-3)12-8-5-4-6-11-15(12)27-19/h7,9-10H,4-6,8,11H2,1-3H3,(H,21,22). The van der Waals surface area contributed by atoms with Crippen molar-refractivity contribution in [2.45, 2.75) is 32.1 Å². The Labute approximate surface area is 162 Å². The van der Waals surface area contributed by atoms with Crippen molar-refractivity contribution in [3.63, 3.8) is 0 Å². The van der Waals surface area contributed by atoms with E-state index in [1.165, 1.54) is 32.7 Å². The highest BCUT2D eigenvalue weighted by Gasteiger charge is 2.27. The maximum atomic E-state index is 12.9. The second-order valence-electron chi connectivity index (χ2n) is 6.26. The molecule has 27 heavy (non-hydrogen) atoms. The molecule has 0 radical (unpaired) electrons. The number of hydrogen-bond donors (Lipinski definition) is 1. The van der Waals surface area contributed by atoms with Gasteiger partial charge < -0.3 is 19.5 Å². The molecule has 0 unspecified atom stereocenters. The zero-order valence-corrected chi connectivity index (χ0v) is 16.5. The first-order valence-electron chi connectivity index (χ1n) is 8.85. The molecule has 1 N–H and O–H groups in total. The van der Waals surface area contributed by atoms with E-state index in [0.29, 0.717) is 27.6 Å². The van der Waals surface area contributed by atoms with E-state index in [4.69, 9.17) is 14.2 Å². The van der Waals surface area contributed by atoms with Crippen LogP contribution in [0.15, 0.2) is 18.2 Å². The lowest BCUT2D eigenvalue weighted by molar-refractivity contribution is 0.0601. The molecule has 1 heterocycles. The molecule has 7 heteroatoms. The number of esters is 1. The Hall–Kier alpha value is -2.54. The Kier molecular flexibility index (Phi) is 6.01. The van der Waals surface area contributed by atoms with E-state index in [-0.39, 0.29) is 5.91 Å². The van der Waals surface area contributed by atoms with Gasteiger partial charge in [-0.2, -0.15) is 0 Å². The van der Waals surface area contributed by atoms with Gasteiger partial charge in [0, 0.05) is 4.88 Å². The van der Waals surface area contributed by atoms with E-state index in [1.807, 2.05) is 0 Å². The number of anilines is 1. The predicted octanol–water partition coefficient (Wildman–Crippen LogP) is 4.07. The average Bonchev–Trinajstić information content (AvgIpc) is 2.86. The highest BCUT2D eigenvalue weighted by Crippen LogP contribution is 2.39. The van der Waals surface area contributed by atoms with Gasteiger partial charge in [0.15, 0.2) is 11.5 Å². The van der Waals surface area contributed by atoms with Crippen LogP contribution in [0.2, 0.25) is 0 Å². The Morgan fingerprint density at radius 1 is 1.04 bits per heavy atom. The molecule has 0 bridgehead atoms. The number of carbonyl (C=O) groups is 2. The molecule has 0 atom stereocenters. The van der Waals surface area contributed by atoms with Gasteiger partial charge in [0.2, 0.25) is 0 Å². The maximum absolute atomic E-state index is 12.9. The lowest BCUT2D eigenvalue weighted by atomic mass is 10.1. The number of hydrogen-bond acceptors (Lipinski definition) is 6. The molecule has 1 aliphatic rings. The van der Waals surface area contributed by atoms with Gasteiger partial charge in [0.05, 0.1) is 32.5 Å². The molecule has 1 aromatic heterocycles. The summed E-state index contributed by atoms with van der Waals surface area (Å²) in [4.78, 5) is 26.5. The third-order valence-electron chi connectivity index (χ3n) is 4.69. The number of rotatable bonds is 5. The fourth-order valence-corrected chi connectivity index (χ4v) is 4.66. The normalized spacial score (nSPS) is 13.3. The summed E-state index contributed by atoms with van der Waals surface area (Å²) < 4.78 is 15.6. The summed E-state index contributed by atoms with van der Waals surface area (Å²) in [6.07, 6.45) is 5.01. The first-order valence-corrected chi connectivity index (χ1v) is 9.67. The molecule has 1 aromatic carbocycles. The van der Waals surface area contributed by atoms with Gasteiger partial charge in [0.25, 0.3) is 5.91 Å². The fraction of sp³-hybridized carbons (Fsp3) is 0.400. The van der Waals surface area contributed by atoms with Crippen molar-refractivity contribution >= 4 is 28.2 Å². The summed E-state index contributed by atoms with van der Waals surface area (Å²) >= 11 is 1.46. The van der Waals surface area contributed by atoms with Crippen molar-refractivity contribution in [2.75, 3.05) is 26.6 Å². The minimum atomic E-state index is -0.415. The van der Waals surface area contributed by atoms with E-state index in [0.717, 1.165) is 42.5 Å². The van der Waals surface area contributed by atoms with Crippen LogP contribution in [-0.4, -0.2) is 33.2 Å². The monoisotopic (exact) mass is 389 g/mol. The number of para-hydroxylation sites is 1. The van der Waals surface area contributed by atoms with Gasteiger partial charge >= 0.3 is 5.97 Å².